The third kappa shape index (κ3) is 4.20. The van der Waals surface area contributed by atoms with Gasteiger partial charge in [0.1, 0.15) is 34.7 Å². The van der Waals surface area contributed by atoms with E-state index in [9.17, 15) is 22.4 Å². The maximum absolute atomic E-state index is 13.8. The van der Waals surface area contributed by atoms with Gasteiger partial charge in [-0.2, -0.15) is 0 Å². The van der Waals surface area contributed by atoms with Crippen molar-refractivity contribution in [2.75, 3.05) is 10.6 Å². The van der Waals surface area contributed by atoms with Crippen LogP contribution in [0.3, 0.4) is 0 Å². The lowest BCUT2D eigenvalue weighted by Crippen LogP contribution is -2.16. The van der Waals surface area contributed by atoms with Gasteiger partial charge in [-0.1, -0.05) is 6.07 Å². The molecule has 0 bridgehead atoms. The first-order valence-electron chi connectivity index (χ1n) is 7.66. The summed E-state index contributed by atoms with van der Waals surface area (Å²) in [6.07, 6.45) is 0. The second-order valence-electron chi connectivity index (χ2n) is 5.52. The summed E-state index contributed by atoms with van der Waals surface area (Å²) < 4.78 is 54.1. The summed E-state index contributed by atoms with van der Waals surface area (Å²) in [5.41, 5.74) is -0.564. The average molecular weight is 376 g/mol. The number of amides is 1. The Balaban J connectivity index is 1.87. The van der Waals surface area contributed by atoms with Gasteiger partial charge in [0.25, 0.3) is 5.91 Å². The molecule has 9 heteroatoms. The van der Waals surface area contributed by atoms with Crippen molar-refractivity contribution in [1.82, 2.24) is 9.97 Å². The monoisotopic (exact) mass is 376 g/mol. The van der Waals surface area contributed by atoms with Crippen LogP contribution in [0.4, 0.5) is 34.9 Å². The zero-order chi connectivity index (χ0) is 19.6. The first-order valence-corrected chi connectivity index (χ1v) is 7.66. The van der Waals surface area contributed by atoms with Gasteiger partial charge < -0.3 is 10.6 Å². The van der Waals surface area contributed by atoms with Gasteiger partial charge in [0.15, 0.2) is 0 Å². The third-order valence-electron chi connectivity index (χ3n) is 3.47. The van der Waals surface area contributed by atoms with E-state index in [1.807, 2.05) is 0 Å². The second kappa shape index (κ2) is 7.40. The van der Waals surface area contributed by atoms with E-state index in [0.717, 1.165) is 24.3 Å². The Bertz CT molecular complexity index is 1010. The zero-order valence-corrected chi connectivity index (χ0v) is 13.9. The molecule has 3 aromatic rings. The maximum Gasteiger partial charge on any atom is 0.274 e. The summed E-state index contributed by atoms with van der Waals surface area (Å²) >= 11 is 0. The number of para-hydroxylation sites is 1. The maximum atomic E-state index is 13.8. The minimum atomic E-state index is -0.957. The number of carbonyl (C=O) groups is 1. The van der Waals surface area contributed by atoms with Gasteiger partial charge in [0, 0.05) is 11.8 Å². The number of nitrogens with zero attached hydrogens (tertiary/aromatic N) is 2. The van der Waals surface area contributed by atoms with E-state index in [4.69, 9.17) is 0 Å². The van der Waals surface area contributed by atoms with E-state index in [0.29, 0.717) is 11.8 Å². The van der Waals surface area contributed by atoms with Crippen LogP contribution in [0.1, 0.15) is 16.2 Å². The molecule has 0 saturated heterocycles. The molecule has 0 aliphatic carbocycles. The van der Waals surface area contributed by atoms with Crippen molar-refractivity contribution in [3.63, 3.8) is 0 Å². The van der Waals surface area contributed by atoms with Gasteiger partial charge in [-0.15, -0.1) is 0 Å². The molecule has 27 heavy (non-hydrogen) atoms. The van der Waals surface area contributed by atoms with Crippen LogP contribution in [0.15, 0.2) is 42.5 Å². The Kier molecular flexibility index (Phi) is 5.02. The lowest BCUT2D eigenvalue weighted by Gasteiger charge is -2.10. The third-order valence-corrected chi connectivity index (χ3v) is 3.47. The number of aromatic nitrogens is 2. The van der Waals surface area contributed by atoms with Crippen LogP contribution < -0.4 is 10.6 Å². The van der Waals surface area contributed by atoms with Gasteiger partial charge in [0.2, 0.25) is 5.95 Å². The topological polar surface area (TPSA) is 66.9 Å². The van der Waals surface area contributed by atoms with Gasteiger partial charge in [0.05, 0.1) is 5.69 Å². The number of aryl methyl sites for hydroxylation is 1. The molecule has 1 aromatic heterocycles. The molecule has 138 valence electrons. The molecule has 0 fully saturated rings. The van der Waals surface area contributed by atoms with E-state index < -0.39 is 34.9 Å². The summed E-state index contributed by atoms with van der Waals surface area (Å²) in [6.45, 7) is 1.54. The van der Waals surface area contributed by atoms with Crippen molar-refractivity contribution in [2.45, 2.75) is 6.92 Å². The number of hydrogen-bond donors (Lipinski definition) is 2. The Morgan fingerprint density at radius 2 is 1.63 bits per heavy atom. The molecule has 0 aliphatic rings. The predicted octanol–water partition coefficient (Wildman–Crippen LogP) is 4.34. The van der Waals surface area contributed by atoms with Crippen LogP contribution in [-0.4, -0.2) is 15.9 Å². The van der Waals surface area contributed by atoms with Gasteiger partial charge in [-0.3, -0.25) is 4.79 Å². The Labute approximate surface area is 151 Å². The summed E-state index contributed by atoms with van der Waals surface area (Å²) in [4.78, 5) is 20.2. The van der Waals surface area contributed by atoms with Crippen molar-refractivity contribution in [3.8, 4) is 0 Å². The van der Waals surface area contributed by atoms with E-state index in [-0.39, 0.29) is 17.3 Å². The molecular weight excluding hydrogens is 364 g/mol. The number of benzene rings is 2. The summed E-state index contributed by atoms with van der Waals surface area (Å²) in [6, 6.07) is 7.26. The minimum absolute atomic E-state index is 0.175. The minimum Gasteiger partial charge on any atom is -0.319 e. The van der Waals surface area contributed by atoms with Gasteiger partial charge >= 0.3 is 0 Å². The van der Waals surface area contributed by atoms with E-state index in [1.165, 1.54) is 12.1 Å². The fourth-order valence-electron chi connectivity index (χ4n) is 2.25. The first kappa shape index (κ1) is 18.3. The highest BCUT2D eigenvalue weighted by molar-refractivity contribution is 6.03. The summed E-state index contributed by atoms with van der Waals surface area (Å²) in [5.74, 6) is -4.49. The van der Waals surface area contributed by atoms with E-state index in [1.54, 1.807) is 6.92 Å². The fraction of sp³-hybridized carbons (Fsp3) is 0.0556. The Hall–Kier alpha value is -3.49. The SMILES string of the molecule is Cc1cc(C(=O)Nc2ccc(F)cc2F)nc(Nc2c(F)cccc2F)n1. The molecule has 0 spiro atoms. The average Bonchev–Trinajstić information content (AvgIpc) is 2.60. The molecule has 0 unspecified atom stereocenters. The number of rotatable bonds is 4. The zero-order valence-electron chi connectivity index (χ0n) is 13.9. The van der Waals surface area contributed by atoms with Crippen LogP contribution in [0.25, 0.3) is 0 Å². The lowest BCUT2D eigenvalue weighted by molar-refractivity contribution is 0.102. The van der Waals surface area contributed by atoms with Crippen LogP contribution in [0.5, 0.6) is 0 Å². The van der Waals surface area contributed by atoms with Crippen LogP contribution in [0.2, 0.25) is 0 Å². The highest BCUT2D eigenvalue weighted by atomic mass is 19.1. The molecule has 0 saturated carbocycles. The number of carbonyl (C=O) groups excluding carboxylic acids is 1. The molecule has 5 nitrogen and oxygen atoms in total. The number of hydrogen-bond acceptors (Lipinski definition) is 4. The van der Waals surface area contributed by atoms with Crippen molar-refractivity contribution in [2.24, 2.45) is 0 Å². The smallest absolute Gasteiger partial charge is 0.274 e. The number of halogens is 4. The Morgan fingerprint density at radius 3 is 2.30 bits per heavy atom. The second-order valence-corrected chi connectivity index (χ2v) is 5.52. The molecule has 1 heterocycles. The number of nitrogens with one attached hydrogen (secondary N) is 2. The molecular formula is C18H12F4N4O. The van der Waals surface area contributed by atoms with Crippen LogP contribution in [-0.2, 0) is 0 Å². The highest BCUT2D eigenvalue weighted by Gasteiger charge is 2.15. The van der Waals surface area contributed by atoms with Crippen LogP contribution in [0, 0.1) is 30.2 Å². The molecule has 2 aromatic carbocycles. The van der Waals surface area contributed by atoms with Crippen molar-refractivity contribution in [3.05, 3.63) is 77.1 Å². The number of anilines is 3. The quantitative estimate of drug-likeness (QED) is 0.665. The fourth-order valence-corrected chi connectivity index (χ4v) is 2.25. The molecule has 0 aliphatic heterocycles. The molecule has 2 N–H and O–H groups in total. The molecule has 1 amide bonds. The highest BCUT2D eigenvalue weighted by Crippen LogP contribution is 2.22. The van der Waals surface area contributed by atoms with Crippen molar-refractivity contribution in [1.29, 1.82) is 0 Å². The van der Waals surface area contributed by atoms with Crippen LogP contribution >= 0.6 is 0 Å². The van der Waals surface area contributed by atoms with E-state index >= 15 is 0 Å². The largest absolute Gasteiger partial charge is 0.319 e. The molecule has 0 atom stereocenters. The van der Waals surface area contributed by atoms with Crippen molar-refractivity contribution >= 4 is 23.2 Å². The summed E-state index contributed by atoms with van der Waals surface area (Å²) in [5, 5.41) is 4.63. The van der Waals surface area contributed by atoms with Crippen molar-refractivity contribution < 1.29 is 22.4 Å². The molecule has 3 rings (SSSR count). The summed E-state index contributed by atoms with van der Waals surface area (Å²) in [7, 11) is 0. The normalized spacial score (nSPS) is 10.6. The first-order chi connectivity index (χ1) is 12.8. The van der Waals surface area contributed by atoms with E-state index in [2.05, 4.69) is 20.6 Å². The van der Waals surface area contributed by atoms with Gasteiger partial charge in [-0.05, 0) is 37.3 Å². The standard InChI is InChI=1S/C18H12F4N4O/c1-9-7-15(17(27)24-14-6-5-10(19)8-13(14)22)25-18(23-9)26-16-11(20)3-2-4-12(16)21/h2-8H,1H3,(H,24,27)(H,23,25,26). The molecule has 0 radical (unpaired) electrons. The van der Waals surface area contributed by atoms with Gasteiger partial charge in [-0.25, -0.2) is 27.5 Å². The lowest BCUT2D eigenvalue weighted by atomic mass is 10.2. The Morgan fingerprint density at radius 1 is 0.926 bits per heavy atom. The predicted molar refractivity (Wildman–Crippen MR) is 90.7 cm³/mol.